The Morgan fingerprint density at radius 2 is 1.94 bits per heavy atom. The molecule has 0 spiro atoms. The molecule has 1 aromatic carbocycles. The second-order valence-corrected chi connectivity index (χ2v) is 6.26. The van der Waals surface area contributed by atoms with Gasteiger partial charge in [-0.3, -0.25) is 0 Å². The molecule has 1 aromatic rings. The molecule has 96 valence electrons. The molecule has 2 N–H and O–H groups in total. The lowest BCUT2D eigenvalue weighted by atomic mass is 10.2. The van der Waals surface area contributed by atoms with Crippen molar-refractivity contribution >= 4 is 33.2 Å². The van der Waals surface area contributed by atoms with Crippen LogP contribution in [0.1, 0.15) is 5.56 Å². The highest BCUT2D eigenvalue weighted by Crippen LogP contribution is 2.20. The first-order valence-corrected chi connectivity index (χ1v) is 7.62. The molecule has 0 fully saturated rings. The normalized spacial score (nSPS) is 11.7. The first-order valence-electron chi connectivity index (χ1n) is 4.98. The molecule has 7 heteroatoms. The van der Waals surface area contributed by atoms with E-state index >= 15 is 0 Å². The number of halogens is 2. The lowest BCUT2D eigenvalue weighted by Crippen LogP contribution is -2.30. The van der Waals surface area contributed by atoms with Crippen molar-refractivity contribution < 1.29 is 8.42 Å². The van der Waals surface area contributed by atoms with Crippen molar-refractivity contribution in [1.82, 2.24) is 10.0 Å². The molecule has 0 bridgehead atoms. The van der Waals surface area contributed by atoms with E-state index in [4.69, 9.17) is 23.2 Å². The van der Waals surface area contributed by atoms with Crippen LogP contribution in [0.2, 0.25) is 10.0 Å². The van der Waals surface area contributed by atoms with E-state index in [-0.39, 0.29) is 0 Å². The highest BCUT2D eigenvalue weighted by Gasteiger charge is 2.02. The van der Waals surface area contributed by atoms with Crippen LogP contribution in [0.5, 0.6) is 0 Å². The van der Waals surface area contributed by atoms with Crippen molar-refractivity contribution in [1.29, 1.82) is 0 Å². The lowest BCUT2D eigenvalue weighted by Gasteiger charge is -2.07. The van der Waals surface area contributed by atoms with Crippen LogP contribution in [0, 0.1) is 0 Å². The summed E-state index contributed by atoms with van der Waals surface area (Å²) in [4.78, 5) is 0. The molecule has 17 heavy (non-hydrogen) atoms. The summed E-state index contributed by atoms with van der Waals surface area (Å²) in [6.45, 7) is 1.41. The van der Waals surface area contributed by atoms with Gasteiger partial charge in [0.15, 0.2) is 0 Å². The van der Waals surface area contributed by atoms with Crippen molar-refractivity contribution in [3.05, 3.63) is 33.8 Å². The molecule has 0 aliphatic carbocycles. The van der Waals surface area contributed by atoms with E-state index in [9.17, 15) is 8.42 Å². The Hall–Kier alpha value is -0.330. The molecule has 0 aliphatic rings. The van der Waals surface area contributed by atoms with Gasteiger partial charge in [-0.15, -0.1) is 0 Å². The fourth-order valence-corrected chi connectivity index (χ4v) is 2.08. The molecular weight excluding hydrogens is 283 g/mol. The van der Waals surface area contributed by atoms with Gasteiger partial charge in [0.1, 0.15) is 0 Å². The number of sulfonamides is 1. The third-order valence-corrected chi connectivity index (χ3v) is 3.32. The molecule has 0 heterocycles. The number of nitrogens with one attached hydrogen (secondary N) is 2. The van der Waals surface area contributed by atoms with Crippen molar-refractivity contribution in [2.75, 3.05) is 19.3 Å². The van der Waals surface area contributed by atoms with Crippen molar-refractivity contribution in [3.63, 3.8) is 0 Å². The zero-order valence-electron chi connectivity index (χ0n) is 9.33. The van der Waals surface area contributed by atoms with Crippen LogP contribution in [-0.2, 0) is 16.6 Å². The van der Waals surface area contributed by atoms with Crippen LogP contribution in [-0.4, -0.2) is 27.8 Å². The van der Waals surface area contributed by atoms with Crippen LogP contribution < -0.4 is 10.0 Å². The highest BCUT2D eigenvalue weighted by atomic mass is 35.5. The molecule has 1 rings (SSSR count). The quantitative estimate of drug-likeness (QED) is 0.785. The average Bonchev–Trinajstić information content (AvgIpc) is 2.21. The van der Waals surface area contributed by atoms with Gasteiger partial charge in [-0.1, -0.05) is 23.2 Å². The maximum atomic E-state index is 10.8. The molecule has 0 radical (unpaired) electrons. The summed E-state index contributed by atoms with van der Waals surface area (Å²) in [5, 5.41) is 4.33. The van der Waals surface area contributed by atoms with Gasteiger partial charge in [0.25, 0.3) is 0 Å². The van der Waals surface area contributed by atoms with Gasteiger partial charge in [0.05, 0.1) is 6.26 Å². The zero-order chi connectivity index (χ0) is 12.9. The Morgan fingerprint density at radius 1 is 1.24 bits per heavy atom. The van der Waals surface area contributed by atoms with Crippen LogP contribution >= 0.6 is 23.2 Å². The third kappa shape index (κ3) is 6.24. The second-order valence-electron chi connectivity index (χ2n) is 3.58. The minimum Gasteiger partial charge on any atom is -0.311 e. The van der Waals surface area contributed by atoms with E-state index in [0.717, 1.165) is 11.8 Å². The lowest BCUT2D eigenvalue weighted by molar-refractivity contribution is 0.582. The fraction of sp³-hybridized carbons (Fsp3) is 0.400. The Morgan fingerprint density at radius 3 is 2.59 bits per heavy atom. The van der Waals surface area contributed by atoms with Crippen molar-refractivity contribution in [2.45, 2.75) is 6.54 Å². The Kier molecular flexibility index (Phi) is 5.69. The van der Waals surface area contributed by atoms with Crippen LogP contribution in [0.3, 0.4) is 0 Å². The molecule has 0 saturated carbocycles. The Balaban J connectivity index is 2.34. The van der Waals surface area contributed by atoms with E-state index in [0.29, 0.717) is 29.7 Å². The van der Waals surface area contributed by atoms with E-state index in [1.165, 1.54) is 0 Å². The SMILES string of the molecule is CS(=O)(=O)NCCNCc1cc(Cl)ccc1Cl. The summed E-state index contributed by atoms with van der Waals surface area (Å²) in [6.07, 6.45) is 1.13. The first kappa shape index (κ1) is 14.7. The molecule has 0 unspecified atom stereocenters. The third-order valence-electron chi connectivity index (χ3n) is 1.99. The predicted octanol–water partition coefficient (Wildman–Crippen LogP) is 1.63. The number of hydrogen-bond donors (Lipinski definition) is 2. The van der Waals surface area contributed by atoms with Gasteiger partial charge in [0.2, 0.25) is 10.0 Å². The first-order chi connectivity index (χ1) is 7.88. The molecule has 0 atom stereocenters. The summed E-state index contributed by atoms with van der Waals surface area (Å²) in [5.74, 6) is 0. The molecule has 4 nitrogen and oxygen atoms in total. The predicted molar refractivity (Wildman–Crippen MR) is 71.0 cm³/mol. The molecule has 0 aromatic heterocycles. The van der Waals surface area contributed by atoms with Crippen molar-refractivity contribution in [2.24, 2.45) is 0 Å². The van der Waals surface area contributed by atoms with Crippen LogP contribution in [0.4, 0.5) is 0 Å². The minimum absolute atomic E-state index is 0.344. The topological polar surface area (TPSA) is 58.2 Å². The highest BCUT2D eigenvalue weighted by molar-refractivity contribution is 7.88. The van der Waals surface area contributed by atoms with Crippen LogP contribution in [0.15, 0.2) is 18.2 Å². The van der Waals surface area contributed by atoms with Gasteiger partial charge in [-0.25, -0.2) is 13.1 Å². The Labute approximate surface area is 111 Å². The second kappa shape index (κ2) is 6.56. The molecule has 0 aliphatic heterocycles. The Bertz CT molecular complexity index is 477. The van der Waals surface area contributed by atoms with Crippen molar-refractivity contribution in [3.8, 4) is 0 Å². The van der Waals surface area contributed by atoms with E-state index < -0.39 is 10.0 Å². The van der Waals surface area contributed by atoms with E-state index in [2.05, 4.69) is 10.0 Å². The largest absolute Gasteiger partial charge is 0.311 e. The summed E-state index contributed by atoms with van der Waals surface area (Å²) in [7, 11) is -3.12. The zero-order valence-corrected chi connectivity index (χ0v) is 11.7. The fourth-order valence-electron chi connectivity index (χ4n) is 1.23. The number of rotatable bonds is 6. The summed E-state index contributed by atoms with van der Waals surface area (Å²) < 4.78 is 24.0. The van der Waals surface area contributed by atoms with Gasteiger partial charge in [0, 0.05) is 29.7 Å². The summed E-state index contributed by atoms with van der Waals surface area (Å²) in [5.41, 5.74) is 0.888. The molecular formula is C10H14Cl2N2O2S. The standard InChI is InChI=1S/C10H14Cl2N2O2S/c1-17(15,16)14-5-4-13-7-8-6-9(11)2-3-10(8)12/h2-3,6,13-14H,4-5,7H2,1H3. The summed E-state index contributed by atoms with van der Waals surface area (Å²) >= 11 is 11.8. The van der Waals surface area contributed by atoms with Gasteiger partial charge in [-0.2, -0.15) is 0 Å². The maximum absolute atomic E-state index is 10.8. The van der Waals surface area contributed by atoms with E-state index in [1.54, 1.807) is 18.2 Å². The number of hydrogen-bond acceptors (Lipinski definition) is 3. The van der Waals surface area contributed by atoms with Crippen LogP contribution in [0.25, 0.3) is 0 Å². The molecule has 0 saturated heterocycles. The minimum atomic E-state index is -3.12. The smallest absolute Gasteiger partial charge is 0.208 e. The maximum Gasteiger partial charge on any atom is 0.208 e. The average molecular weight is 297 g/mol. The summed E-state index contributed by atoms with van der Waals surface area (Å²) in [6, 6.07) is 5.23. The van der Waals surface area contributed by atoms with Gasteiger partial charge < -0.3 is 5.32 Å². The van der Waals surface area contributed by atoms with Gasteiger partial charge >= 0.3 is 0 Å². The number of benzene rings is 1. The molecule has 0 amide bonds. The van der Waals surface area contributed by atoms with E-state index in [1.807, 2.05) is 0 Å². The van der Waals surface area contributed by atoms with Gasteiger partial charge in [-0.05, 0) is 23.8 Å². The monoisotopic (exact) mass is 296 g/mol.